The summed E-state index contributed by atoms with van der Waals surface area (Å²) in [6.07, 6.45) is -9.01. The quantitative estimate of drug-likeness (QED) is 0.0813. The highest BCUT2D eigenvalue weighted by atomic mass is 19.4. The van der Waals surface area contributed by atoms with Crippen LogP contribution in [0.2, 0.25) is 0 Å². The lowest BCUT2D eigenvalue weighted by Gasteiger charge is -2.39. The molecule has 0 saturated carbocycles. The minimum absolute atomic E-state index is 0.116. The predicted octanol–water partition coefficient (Wildman–Crippen LogP) is 7.62. The summed E-state index contributed by atoms with van der Waals surface area (Å²) in [6, 6.07) is 21.6. The summed E-state index contributed by atoms with van der Waals surface area (Å²) in [5.41, 5.74) is -0.437. The SMILES string of the molecule is O=C(C(CN1CCN(c2cccc(C(F)(F)F)c2)CC1)c1cccc([N+](=O)[O-])c1)C(CN1CCN(c2cccc(C(F)(F)F)c2)CC1)c1cccc([N+](=O)[O-])c1. The zero-order valence-electron chi connectivity index (χ0n) is 30.0. The first-order chi connectivity index (χ1) is 26.6. The van der Waals surface area contributed by atoms with Crippen molar-refractivity contribution in [2.75, 3.05) is 75.2 Å². The third-order valence-corrected chi connectivity index (χ3v) is 10.4. The lowest BCUT2D eigenvalue weighted by atomic mass is 9.82. The van der Waals surface area contributed by atoms with Crippen molar-refractivity contribution in [3.63, 3.8) is 0 Å². The Hall–Kier alpha value is -5.55. The van der Waals surface area contributed by atoms with Crippen molar-refractivity contribution in [3.05, 3.63) is 140 Å². The second-order valence-electron chi connectivity index (χ2n) is 13.9. The molecule has 11 nitrogen and oxygen atoms in total. The Morgan fingerprint density at radius 3 is 1.25 bits per heavy atom. The van der Waals surface area contributed by atoms with Crippen LogP contribution in [0.1, 0.15) is 34.1 Å². The number of halogens is 6. The molecule has 2 atom stereocenters. The number of hydrogen-bond donors (Lipinski definition) is 0. The molecule has 6 rings (SSSR count). The van der Waals surface area contributed by atoms with Crippen molar-refractivity contribution in [2.45, 2.75) is 24.2 Å². The lowest BCUT2D eigenvalue weighted by Crippen LogP contribution is -2.50. The van der Waals surface area contributed by atoms with Crippen LogP contribution in [-0.4, -0.2) is 90.9 Å². The third-order valence-electron chi connectivity index (χ3n) is 10.4. The second kappa shape index (κ2) is 16.7. The van der Waals surface area contributed by atoms with Gasteiger partial charge in [-0.2, -0.15) is 26.3 Å². The number of non-ortho nitro benzene ring substituents is 2. The van der Waals surface area contributed by atoms with E-state index in [4.69, 9.17) is 0 Å². The fraction of sp³-hybridized carbons (Fsp3) is 0.359. The normalized spacial score (nSPS) is 17.0. The van der Waals surface area contributed by atoms with E-state index in [1.54, 1.807) is 24.3 Å². The molecule has 2 saturated heterocycles. The van der Waals surface area contributed by atoms with Gasteiger partial charge in [-0.25, -0.2) is 0 Å². The minimum atomic E-state index is -4.50. The van der Waals surface area contributed by atoms with Crippen molar-refractivity contribution < 1.29 is 41.0 Å². The number of carbonyl (C=O) groups is 1. The number of nitro benzene ring substituents is 2. The highest BCUT2D eigenvalue weighted by Crippen LogP contribution is 2.35. The van der Waals surface area contributed by atoms with E-state index in [9.17, 15) is 51.4 Å². The van der Waals surface area contributed by atoms with E-state index >= 15 is 0 Å². The van der Waals surface area contributed by atoms with E-state index in [2.05, 4.69) is 0 Å². The van der Waals surface area contributed by atoms with E-state index < -0.39 is 45.2 Å². The van der Waals surface area contributed by atoms with Gasteiger partial charge in [-0.15, -0.1) is 0 Å². The molecule has 0 amide bonds. The zero-order valence-corrected chi connectivity index (χ0v) is 30.0. The molecule has 2 heterocycles. The lowest BCUT2D eigenvalue weighted by molar-refractivity contribution is -0.385. The summed E-state index contributed by atoms with van der Waals surface area (Å²) in [5.74, 6) is -2.22. The fourth-order valence-corrected chi connectivity index (χ4v) is 7.32. The van der Waals surface area contributed by atoms with Gasteiger partial charge in [-0.05, 0) is 47.5 Å². The van der Waals surface area contributed by atoms with Gasteiger partial charge in [0, 0.05) is 101 Å². The van der Waals surface area contributed by atoms with Crippen LogP contribution in [0.25, 0.3) is 0 Å². The molecule has 17 heteroatoms. The number of nitrogens with zero attached hydrogens (tertiary/aromatic N) is 6. The fourth-order valence-electron chi connectivity index (χ4n) is 7.32. The topological polar surface area (TPSA) is 116 Å². The monoisotopic (exact) mass is 784 g/mol. The Morgan fingerprint density at radius 2 is 0.911 bits per heavy atom. The number of nitro groups is 2. The zero-order chi connectivity index (χ0) is 40.2. The van der Waals surface area contributed by atoms with E-state index in [0.717, 1.165) is 24.3 Å². The van der Waals surface area contributed by atoms with Crippen LogP contribution in [0.3, 0.4) is 0 Å². The molecular formula is C39H38F6N6O5. The van der Waals surface area contributed by atoms with E-state index in [0.29, 0.717) is 74.9 Å². The van der Waals surface area contributed by atoms with Gasteiger partial charge in [-0.3, -0.25) is 34.8 Å². The Balaban J connectivity index is 1.25. The summed E-state index contributed by atoms with van der Waals surface area (Å²) in [6.45, 7) is 3.10. The van der Waals surface area contributed by atoms with Crippen molar-refractivity contribution in [1.82, 2.24) is 9.80 Å². The van der Waals surface area contributed by atoms with E-state index in [1.165, 1.54) is 48.5 Å². The Kier molecular flexibility index (Phi) is 11.9. The van der Waals surface area contributed by atoms with Gasteiger partial charge < -0.3 is 9.80 Å². The van der Waals surface area contributed by atoms with E-state index in [1.807, 2.05) is 19.6 Å². The van der Waals surface area contributed by atoms with Crippen LogP contribution in [0.15, 0.2) is 97.1 Å². The average Bonchev–Trinajstić information content (AvgIpc) is 3.19. The van der Waals surface area contributed by atoms with Gasteiger partial charge in [0.2, 0.25) is 0 Å². The summed E-state index contributed by atoms with van der Waals surface area (Å²) >= 11 is 0. The number of hydrogen-bond acceptors (Lipinski definition) is 9. The molecule has 2 aliphatic heterocycles. The standard InChI is InChI=1S/C39H38F6N6O5/c40-38(41,42)29-7-3-9-31(23-29)48-17-13-46(14-18-48)25-35(27-5-1-11-33(21-27)50(53)54)37(52)36(28-6-2-12-34(22-28)51(55)56)26-47-15-19-49(20-16-47)32-10-4-8-30(24-32)39(43,44)45/h1-12,21-24,35-36H,13-20,25-26H2. The smallest absolute Gasteiger partial charge is 0.369 e. The summed E-state index contributed by atoms with van der Waals surface area (Å²) < 4.78 is 80.5. The molecule has 0 aromatic heterocycles. The molecule has 4 aromatic rings. The molecular weight excluding hydrogens is 746 g/mol. The molecule has 2 fully saturated rings. The number of rotatable bonds is 12. The Morgan fingerprint density at radius 1 is 0.554 bits per heavy atom. The molecule has 56 heavy (non-hydrogen) atoms. The second-order valence-corrected chi connectivity index (χ2v) is 13.9. The summed E-state index contributed by atoms with van der Waals surface area (Å²) in [7, 11) is 0. The van der Waals surface area contributed by atoms with Crippen molar-refractivity contribution in [1.29, 1.82) is 0 Å². The maximum atomic E-state index is 15.0. The molecule has 0 radical (unpaired) electrons. The maximum absolute atomic E-state index is 15.0. The van der Waals surface area contributed by atoms with Gasteiger partial charge in [0.1, 0.15) is 5.78 Å². The third kappa shape index (κ3) is 9.63. The highest BCUT2D eigenvalue weighted by Gasteiger charge is 2.36. The number of benzene rings is 4. The van der Waals surface area contributed by atoms with Crippen LogP contribution < -0.4 is 9.80 Å². The van der Waals surface area contributed by atoms with Crippen molar-refractivity contribution in [2.24, 2.45) is 0 Å². The maximum Gasteiger partial charge on any atom is 0.416 e. The first-order valence-electron chi connectivity index (χ1n) is 17.9. The molecule has 0 bridgehead atoms. The number of carbonyl (C=O) groups excluding carboxylic acids is 1. The van der Waals surface area contributed by atoms with Gasteiger partial charge in [0.05, 0.1) is 32.8 Å². The number of ketones is 1. The molecule has 0 aliphatic carbocycles. The number of Topliss-reactive ketones (excluding diaryl/α,β-unsaturated/α-hetero) is 1. The molecule has 0 N–H and O–H groups in total. The molecule has 4 aromatic carbocycles. The average molecular weight is 785 g/mol. The summed E-state index contributed by atoms with van der Waals surface area (Å²) in [4.78, 5) is 45.0. The largest absolute Gasteiger partial charge is 0.416 e. The Labute approximate surface area is 318 Å². The van der Waals surface area contributed by atoms with Crippen LogP contribution in [0.4, 0.5) is 49.1 Å². The minimum Gasteiger partial charge on any atom is -0.369 e. The molecule has 0 spiro atoms. The van der Waals surface area contributed by atoms with Gasteiger partial charge >= 0.3 is 12.4 Å². The Bertz CT molecular complexity index is 1900. The van der Waals surface area contributed by atoms with Gasteiger partial charge in [0.25, 0.3) is 11.4 Å². The van der Waals surface area contributed by atoms with Crippen LogP contribution >= 0.6 is 0 Å². The number of anilines is 2. The first kappa shape index (κ1) is 40.1. The molecule has 2 unspecified atom stereocenters. The highest BCUT2D eigenvalue weighted by molar-refractivity contribution is 5.92. The predicted molar refractivity (Wildman–Crippen MR) is 197 cm³/mol. The van der Waals surface area contributed by atoms with Crippen molar-refractivity contribution >= 4 is 28.5 Å². The van der Waals surface area contributed by atoms with E-state index in [-0.39, 0.29) is 30.2 Å². The van der Waals surface area contributed by atoms with Gasteiger partial charge in [0.15, 0.2) is 0 Å². The molecule has 296 valence electrons. The molecule has 2 aliphatic rings. The van der Waals surface area contributed by atoms with Crippen LogP contribution in [-0.2, 0) is 17.1 Å². The van der Waals surface area contributed by atoms with Gasteiger partial charge in [-0.1, -0.05) is 36.4 Å². The number of alkyl halides is 6. The number of piperazine rings is 2. The first-order valence-corrected chi connectivity index (χ1v) is 17.9. The van der Waals surface area contributed by atoms with Crippen LogP contribution in [0, 0.1) is 20.2 Å². The van der Waals surface area contributed by atoms with Crippen molar-refractivity contribution in [3.8, 4) is 0 Å². The van der Waals surface area contributed by atoms with Crippen LogP contribution in [0.5, 0.6) is 0 Å². The summed E-state index contributed by atoms with van der Waals surface area (Å²) in [5, 5.41) is 23.6.